The van der Waals surface area contributed by atoms with Crippen molar-refractivity contribution in [3.05, 3.63) is 23.2 Å². The van der Waals surface area contributed by atoms with Crippen molar-refractivity contribution in [3.8, 4) is 11.4 Å². The minimum Gasteiger partial charge on any atom is -0.398 e. The second kappa shape index (κ2) is 5.05. The Bertz CT molecular complexity index is 616. The quantitative estimate of drug-likeness (QED) is 0.862. The first-order chi connectivity index (χ1) is 9.60. The molecule has 0 radical (unpaired) electrons. The van der Waals surface area contributed by atoms with E-state index in [2.05, 4.69) is 22.4 Å². The predicted octanol–water partition coefficient (Wildman–Crippen LogP) is 3.26. The van der Waals surface area contributed by atoms with Gasteiger partial charge in [-0.1, -0.05) is 30.9 Å². The predicted molar refractivity (Wildman–Crippen MR) is 79.4 cm³/mol. The van der Waals surface area contributed by atoms with E-state index in [1.807, 2.05) is 16.8 Å². The summed E-state index contributed by atoms with van der Waals surface area (Å²) in [6, 6.07) is 5.53. The molecule has 0 unspecified atom stereocenters. The SMILES string of the molecule is CC1(n2nnnc2-c2ccc(Cl)c(N)c2)CCCCC1. The first kappa shape index (κ1) is 13.4. The van der Waals surface area contributed by atoms with Crippen LogP contribution in [0.3, 0.4) is 0 Å². The summed E-state index contributed by atoms with van der Waals surface area (Å²) in [5, 5.41) is 12.8. The van der Waals surface area contributed by atoms with Gasteiger partial charge in [0, 0.05) is 5.56 Å². The fraction of sp³-hybridized carbons (Fsp3) is 0.500. The minimum atomic E-state index is -0.00845. The topological polar surface area (TPSA) is 69.6 Å². The van der Waals surface area contributed by atoms with Crippen LogP contribution in [0.25, 0.3) is 11.4 Å². The number of nitrogens with two attached hydrogens (primary N) is 1. The highest BCUT2D eigenvalue weighted by Crippen LogP contribution is 2.36. The molecule has 0 amide bonds. The molecule has 1 saturated carbocycles. The lowest BCUT2D eigenvalue weighted by molar-refractivity contribution is 0.197. The van der Waals surface area contributed by atoms with Gasteiger partial charge in [0.25, 0.3) is 0 Å². The molecule has 0 aliphatic heterocycles. The van der Waals surface area contributed by atoms with Gasteiger partial charge in [-0.2, -0.15) is 0 Å². The van der Waals surface area contributed by atoms with Crippen molar-refractivity contribution in [2.24, 2.45) is 0 Å². The molecule has 20 heavy (non-hydrogen) atoms. The summed E-state index contributed by atoms with van der Waals surface area (Å²) >= 11 is 5.97. The zero-order chi connectivity index (χ0) is 14.2. The van der Waals surface area contributed by atoms with Crippen LogP contribution in [0.5, 0.6) is 0 Å². The molecule has 6 heteroatoms. The molecule has 106 valence electrons. The smallest absolute Gasteiger partial charge is 0.182 e. The molecule has 1 fully saturated rings. The van der Waals surface area contributed by atoms with Crippen molar-refractivity contribution in [3.63, 3.8) is 0 Å². The van der Waals surface area contributed by atoms with Crippen LogP contribution in [-0.4, -0.2) is 20.2 Å². The number of rotatable bonds is 2. The second-order valence-corrected chi connectivity index (χ2v) is 6.12. The minimum absolute atomic E-state index is 0.00845. The lowest BCUT2D eigenvalue weighted by atomic mass is 9.83. The molecule has 2 N–H and O–H groups in total. The first-order valence-electron chi connectivity index (χ1n) is 6.94. The number of hydrogen-bond acceptors (Lipinski definition) is 4. The Kier molecular flexibility index (Phi) is 3.38. The molecule has 3 rings (SSSR count). The molecule has 1 aliphatic rings. The highest BCUT2D eigenvalue weighted by molar-refractivity contribution is 6.33. The van der Waals surface area contributed by atoms with Crippen LogP contribution in [0.15, 0.2) is 18.2 Å². The van der Waals surface area contributed by atoms with Gasteiger partial charge in [-0.25, -0.2) is 4.68 Å². The third-order valence-corrected chi connectivity index (χ3v) is 4.51. The van der Waals surface area contributed by atoms with E-state index in [1.165, 1.54) is 19.3 Å². The fourth-order valence-electron chi connectivity index (χ4n) is 2.94. The lowest BCUT2D eigenvalue weighted by Gasteiger charge is -2.34. The Morgan fingerprint density at radius 3 is 2.70 bits per heavy atom. The molecule has 1 aromatic heterocycles. The number of aromatic nitrogens is 4. The van der Waals surface area contributed by atoms with Crippen molar-refractivity contribution in [2.75, 3.05) is 5.73 Å². The maximum Gasteiger partial charge on any atom is 0.182 e. The van der Waals surface area contributed by atoms with Gasteiger partial charge in [-0.3, -0.25) is 0 Å². The number of hydrogen-bond donors (Lipinski definition) is 1. The van der Waals surface area contributed by atoms with Crippen molar-refractivity contribution >= 4 is 17.3 Å². The van der Waals surface area contributed by atoms with Crippen LogP contribution >= 0.6 is 11.6 Å². The van der Waals surface area contributed by atoms with E-state index < -0.39 is 0 Å². The van der Waals surface area contributed by atoms with Crippen LogP contribution in [-0.2, 0) is 5.54 Å². The van der Waals surface area contributed by atoms with E-state index >= 15 is 0 Å². The van der Waals surface area contributed by atoms with Crippen LogP contribution in [0.1, 0.15) is 39.0 Å². The number of halogens is 1. The Hall–Kier alpha value is -1.62. The average Bonchev–Trinajstić information content (AvgIpc) is 2.93. The largest absolute Gasteiger partial charge is 0.398 e. The van der Waals surface area contributed by atoms with Crippen LogP contribution in [0.2, 0.25) is 5.02 Å². The number of anilines is 1. The highest BCUT2D eigenvalue weighted by atomic mass is 35.5. The van der Waals surface area contributed by atoms with Gasteiger partial charge in [-0.15, -0.1) is 5.10 Å². The fourth-order valence-corrected chi connectivity index (χ4v) is 3.06. The Morgan fingerprint density at radius 2 is 2.00 bits per heavy atom. The molecule has 2 aromatic rings. The summed E-state index contributed by atoms with van der Waals surface area (Å²) < 4.78 is 1.95. The normalized spacial score (nSPS) is 18.1. The van der Waals surface area contributed by atoms with E-state index in [0.29, 0.717) is 10.7 Å². The number of nitrogen functional groups attached to an aromatic ring is 1. The molecular weight excluding hydrogens is 274 g/mol. The maximum atomic E-state index is 5.97. The van der Waals surface area contributed by atoms with E-state index in [4.69, 9.17) is 17.3 Å². The van der Waals surface area contributed by atoms with Crippen molar-refractivity contribution in [1.82, 2.24) is 20.2 Å². The summed E-state index contributed by atoms with van der Waals surface area (Å²) in [7, 11) is 0. The molecule has 1 heterocycles. The Morgan fingerprint density at radius 1 is 1.25 bits per heavy atom. The molecule has 1 aliphatic carbocycles. The summed E-state index contributed by atoms with van der Waals surface area (Å²) in [4.78, 5) is 0. The zero-order valence-electron chi connectivity index (χ0n) is 11.5. The standard InChI is InChI=1S/C14H18ClN5/c1-14(7-3-2-4-8-14)20-13(17-18-19-20)10-5-6-11(15)12(16)9-10/h5-6,9H,2-4,7-8,16H2,1H3. The van der Waals surface area contributed by atoms with Crippen LogP contribution < -0.4 is 5.73 Å². The third kappa shape index (κ3) is 2.26. The lowest BCUT2D eigenvalue weighted by Crippen LogP contribution is -2.34. The van der Waals surface area contributed by atoms with Crippen molar-refractivity contribution < 1.29 is 0 Å². The molecule has 0 atom stereocenters. The zero-order valence-corrected chi connectivity index (χ0v) is 12.3. The average molecular weight is 292 g/mol. The van der Waals surface area contributed by atoms with Gasteiger partial charge in [-0.05, 0) is 48.4 Å². The summed E-state index contributed by atoms with van der Waals surface area (Å²) in [5.41, 5.74) is 7.32. The van der Waals surface area contributed by atoms with E-state index in [-0.39, 0.29) is 5.54 Å². The summed E-state index contributed by atoms with van der Waals surface area (Å²) in [6.45, 7) is 2.23. The Balaban J connectivity index is 2.03. The summed E-state index contributed by atoms with van der Waals surface area (Å²) in [6.07, 6.45) is 5.94. The van der Waals surface area contributed by atoms with Crippen molar-refractivity contribution in [1.29, 1.82) is 0 Å². The summed E-state index contributed by atoms with van der Waals surface area (Å²) in [5.74, 6) is 0.762. The maximum absolute atomic E-state index is 5.97. The molecule has 0 bridgehead atoms. The van der Waals surface area contributed by atoms with E-state index in [1.54, 1.807) is 6.07 Å². The van der Waals surface area contributed by atoms with Gasteiger partial charge >= 0.3 is 0 Å². The molecule has 5 nitrogen and oxygen atoms in total. The van der Waals surface area contributed by atoms with Crippen LogP contribution in [0, 0.1) is 0 Å². The van der Waals surface area contributed by atoms with E-state index in [0.717, 1.165) is 24.2 Å². The highest BCUT2D eigenvalue weighted by Gasteiger charge is 2.32. The number of tetrazole rings is 1. The van der Waals surface area contributed by atoms with E-state index in [9.17, 15) is 0 Å². The van der Waals surface area contributed by atoms with Gasteiger partial charge in [0.1, 0.15) is 0 Å². The molecule has 0 spiro atoms. The number of nitrogens with zero attached hydrogens (tertiary/aromatic N) is 4. The third-order valence-electron chi connectivity index (χ3n) is 4.17. The van der Waals surface area contributed by atoms with Gasteiger partial charge in [0.2, 0.25) is 0 Å². The van der Waals surface area contributed by atoms with Gasteiger partial charge in [0.05, 0.1) is 16.2 Å². The number of benzene rings is 1. The first-order valence-corrected chi connectivity index (χ1v) is 7.32. The second-order valence-electron chi connectivity index (χ2n) is 5.71. The van der Waals surface area contributed by atoms with Gasteiger partial charge in [0.15, 0.2) is 5.82 Å². The molecular formula is C14H18ClN5. The Labute approximate surface area is 123 Å². The monoisotopic (exact) mass is 291 g/mol. The van der Waals surface area contributed by atoms with Crippen molar-refractivity contribution in [2.45, 2.75) is 44.6 Å². The molecule has 1 aromatic carbocycles. The van der Waals surface area contributed by atoms with Crippen LogP contribution in [0.4, 0.5) is 5.69 Å². The molecule has 0 saturated heterocycles. The van der Waals surface area contributed by atoms with Gasteiger partial charge < -0.3 is 5.73 Å².